The van der Waals surface area contributed by atoms with Crippen molar-refractivity contribution in [3.8, 4) is 22.4 Å². The highest BCUT2D eigenvalue weighted by Crippen LogP contribution is 2.36. The van der Waals surface area contributed by atoms with Crippen LogP contribution in [0.4, 0.5) is 15.9 Å². The molecule has 208 valence electrons. The lowest BCUT2D eigenvalue weighted by molar-refractivity contribution is -0.119. The number of rotatable bonds is 7. The van der Waals surface area contributed by atoms with Crippen molar-refractivity contribution in [2.24, 2.45) is 5.92 Å². The SMILES string of the molecule is CC(=O)[C@@H]1C[C@H](CC(=O)Nc2ccc(-c3ccc(F)cc3)cc2)CN1c1nc(C)nc(-c2ccccc2C)c1C.[HH].[HH]. The first-order chi connectivity index (χ1) is 19.2. The summed E-state index contributed by atoms with van der Waals surface area (Å²) in [5, 5.41) is 2.98. The van der Waals surface area contributed by atoms with E-state index in [2.05, 4.69) is 29.3 Å². The van der Waals surface area contributed by atoms with Crippen LogP contribution in [0.25, 0.3) is 22.4 Å². The van der Waals surface area contributed by atoms with Gasteiger partial charge in [-0.2, -0.15) is 0 Å². The molecule has 1 fully saturated rings. The molecule has 5 rings (SSSR count). The van der Waals surface area contributed by atoms with E-state index in [9.17, 15) is 14.0 Å². The molecule has 1 aliphatic heterocycles. The van der Waals surface area contributed by atoms with Gasteiger partial charge in [0.2, 0.25) is 5.91 Å². The van der Waals surface area contributed by atoms with E-state index in [1.165, 1.54) is 12.1 Å². The van der Waals surface area contributed by atoms with Crippen LogP contribution in [0.1, 0.15) is 39.6 Å². The first-order valence-electron chi connectivity index (χ1n) is 13.5. The van der Waals surface area contributed by atoms with Gasteiger partial charge in [0.15, 0.2) is 5.78 Å². The molecule has 1 N–H and O–H groups in total. The number of aromatic nitrogens is 2. The predicted octanol–water partition coefficient (Wildman–Crippen LogP) is 7.18. The first kappa shape index (κ1) is 27.2. The van der Waals surface area contributed by atoms with Gasteiger partial charge in [-0.3, -0.25) is 9.59 Å². The van der Waals surface area contributed by atoms with E-state index in [-0.39, 0.29) is 32.3 Å². The summed E-state index contributed by atoms with van der Waals surface area (Å²) in [6.07, 6.45) is 0.891. The Morgan fingerprint density at radius 3 is 2.25 bits per heavy atom. The minimum atomic E-state index is -0.342. The van der Waals surface area contributed by atoms with Gasteiger partial charge in [-0.1, -0.05) is 48.5 Å². The third-order valence-electron chi connectivity index (χ3n) is 7.58. The molecule has 3 aromatic carbocycles. The Hall–Kier alpha value is -4.39. The molecular formula is C33H37FN4O2. The number of aryl methyl sites for hydroxylation is 2. The van der Waals surface area contributed by atoms with Crippen LogP contribution in [0.2, 0.25) is 0 Å². The topological polar surface area (TPSA) is 75.2 Å². The zero-order chi connectivity index (χ0) is 28.4. The number of ketones is 1. The molecule has 2 heterocycles. The molecule has 7 heteroatoms. The van der Waals surface area contributed by atoms with Crippen LogP contribution in [-0.2, 0) is 9.59 Å². The standard InChI is InChI=1S/C33H33FN4O2.2H2/c1-20-7-5-6-8-29(20)32-21(2)33(36-23(4)35-32)38-19-24(17-30(38)22(3)39)18-31(40)37-28-15-11-26(12-16-28)25-9-13-27(34)14-10-25;;/h5-16,24,30H,17-19H2,1-4H3,(H,37,40);2*1H/t24-,30+;;/m1../s1. The van der Waals surface area contributed by atoms with Gasteiger partial charge < -0.3 is 10.2 Å². The largest absolute Gasteiger partial charge is 0.346 e. The highest BCUT2D eigenvalue weighted by atomic mass is 19.1. The smallest absolute Gasteiger partial charge is 0.224 e. The van der Waals surface area contributed by atoms with E-state index in [1.807, 2.05) is 50.2 Å². The molecule has 0 aliphatic carbocycles. The van der Waals surface area contributed by atoms with E-state index in [4.69, 9.17) is 9.97 Å². The van der Waals surface area contributed by atoms with Crippen molar-refractivity contribution in [2.45, 2.75) is 46.6 Å². The van der Waals surface area contributed by atoms with Crippen molar-refractivity contribution in [1.82, 2.24) is 9.97 Å². The fourth-order valence-electron chi connectivity index (χ4n) is 5.55. The van der Waals surface area contributed by atoms with E-state index in [1.54, 1.807) is 19.1 Å². The molecule has 0 radical (unpaired) electrons. The van der Waals surface area contributed by atoms with Gasteiger partial charge in [-0.25, -0.2) is 14.4 Å². The monoisotopic (exact) mass is 540 g/mol. The van der Waals surface area contributed by atoms with Gasteiger partial charge >= 0.3 is 0 Å². The first-order valence-corrected chi connectivity index (χ1v) is 13.5. The van der Waals surface area contributed by atoms with Gasteiger partial charge in [0.1, 0.15) is 17.5 Å². The number of nitrogens with zero attached hydrogens (tertiary/aromatic N) is 3. The summed E-state index contributed by atoms with van der Waals surface area (Å²) in [7, 11) is 0. The van der Waals surface area contributed by atoms with E-state index >= 15 is 0 Å². The molecule has 0 spiro atoms. The number of amides is 1. The molecule has 1 amide bonds. The van der Waals surface area contributed by atoms with Crippen LogP contribution in [0, 0.1) is 32.5 Å². The number of carbonyl (C=O) groups excluding carboxylic acids is 2. The molecule has 40 heavy (non-hydrogen) atoms. The van der Waals surface area contributed by atoms with Crippen molar-refractivity contribution in [1.29, 1.82) is 0 Å². The molecule has 2 atom stereocenters. The zero-order valence-corrected chi connectivity index (χ0v) is 23.2. The maximum Gasteiger partial charge on any atom is 0.224 e. The van der Waals surface area contributed by atoms with E-state index < -0.39 is 0 Å². The lowest BCUT2D eigenvalue weighted by Gasteiger charge is -2.26. The number of benzene rings is 3. The highest BCUT2D eigenvalue weighted by molar-refractivity contribution is 5.92. The summed E-state index contributed by atoms with van der Waals surface area (Å²) < 4.78 is 13.2. The summed E-state index contributed by atoms with van der Waals surface area (Å²) in [5.41, 5.74) is 6.51. The van der Waals surface area contributed by atoms with Gasteiger partial charge in [0.05, 0.1) is 11.7 Å². The lowest BCUT2D eigenvalue weighted by atomic mass is 9.99. The van der Waals surface area contributed by atoms with Gasteiger partial charge in [-0.15, -0.1) is 0 Å². The van der Waals surface area contributed by atoms with Crippen molar-refractivity contribution >= 4 is 23.2 Å². The van der Waals surface area contributed by atoms with Crippen molar-refractivity contribution in [2.75, 3.05) is 16.8 Å². The Labute approximate surface area is 237 Å². The minimum absolute atomic E-state index is 0. The van der Waals surface area contributed by atoms with E-state index in [0.717, 1.165) is 39.3 Å². The molecule has 0 saturated carbocycles. The number of hydrogen-bond acceptors (Lipinski definition) is 5. The van der Waals surface area contributed by atoms with E-state index in [0.29, 0.717) is 30.9 Å². The van der Waals surface area contributed by atoms with Gasteiger partial charge in [-0.05, 0) is 81.0 Å². The third kappa shape index (κ3) is 5.78. The van der Waals surface area contributed by atoms with Crippen LogP contribution < -0.4 is 10.2 Å². The predicted molar refractivity (Wildman–Crippen MR) is 161 cm³/mol. The molecule has 1 aromatic heterocycles. The average Bonchev–Trinajstić information content (AvgIpc) is 3.35. The number of carbonyl (C=O) groups is 2. The van der Waals surface area contributed by atoms with Crippen LogP contribution in [0.3, 0.4) is 0 Å². The summed E-state index contributed by atoms with van der Waals surface area (Å²) in [4.78, 5) is 37.3. The van der Waals surface area contributed by atoms with Crippen LogP contribution in [-0.4, -0.2) is 34.2 Å². The van der Waals surface area contributed by atoms with Gasteiger partial charge in [0.25, 0.3) is 0 Å². The normalized spacial score (nSPS) is 16.7. The maximum atomic E-state index is 13.2. The minimum Gasteiger partial charge on any atom is -0.346 e. The quantitative estimate of drug-likeness (QED) is 0.269. The Kier molecular flexibility index (Phi) is 7.74. The number of nitrogens with one attached hydrogen (secondary N) is 1. The van der Waals surface area contributed by atoms with Crippen molar-refractivity contribution < 1.29 is 16.8 Å². The third-order valence-corrected chi connectivity index (χ3v) is 7.58. The maximum absolute atomic E-state index is 13.2. The summed E-state index contributed by atoms with van der Waals surface area (Å²) >= 11 is 0. The Morgan fingerprint density at radius 1 is 0.950 bits per heavy atom. The molecule has 0 unspecified atom stereocenters. The second-order valence-electron chi connectivity index (χ2n) is 10.6. The number of hydrogen-bond donors (Lipinski definition) is 1. The zero-order valence-electron chi connectivity index (χ0n) is 23.2. The number of halogens is 1. The van der Waals surface area contributed by atoms with Crippen LogP contribution in [0.15, 0.2) is 72.8 Å². The average molecular weight is 541 g/mol. The fraction of sp³-hybridized carbons (Fsp3) is 0.273. The Bertz CT molecular complexity index is 1560. The molecule has 1 aliphatic rings. The van der Waals surface area contributed by atoms with Crippen LogP contribution >= 0.6 is 0 Å². The molecule has 0 bridgehead atoms. The lowest BCUT2D eigenvalue weighted by Crippen LogP contribution is -2.36. The molecule has 6 nitrogen and oxygen atoms in total. The molecule has 4 aromatic rings. The number of anilines is 2. The highest BCUT2D eigenvalue weighted by Gasteiger charge is 2.38. The summed E-state index contributed by atoms with van der Waals surface area (Å²) in [6, 6.07) is 21.6. The van der Waals surface area contributed by atoms with Crippen LogP contribution in [0.5, 0.6) is 0 Å². The number of Topliss-reactive ketones (excluding diaryl/α,β-unsaturated/α-hetero) is 1. The second-order valence-corrected chi connectivity index (χ2v) is 10.6. The Morgan fingerprint density at radius 2 is 1.60 bits per heavy atom. The summed E-state index contributed by atoms with van der Waals surface area (Å²) in [5.74, 6) is 1.09. The van der Waals surface area contributed by atoms with Gasteiger partial charge in [0, 0.05) is 32.6 Å². The molecule has 1 saturated heterocycles. The summed E-state index contributed by atoms with van der Waals surface area (Å²) in [6.45, 7) is 8.10. The Balaban J connectivity index is 0.00000242. The van der Waals surface area contributed by atoms with Crippen molar-refractivity contribution in [3.05, 3.63) is 95.6 Å². The fourth-order valence-corrected chi connectivity index (χ4v) is 5.55. The second kappa shape index (κ2) is 11.4. The van der Waals surface area contributed by atoms with Crippen molar-refractivity contribution in [3.63, 3.8) is 0 Å². The molecular weight excluding hydrogens is 503 g/mol.